The van der Waals surface area contributed by atoms with E-state index in [0.29, 0.717) is 6.04 Å². The number of anilines is 1. The van der Waals surface area contributed by atoms with Crippen LogP contribution in [0.25, 0.3) is 0 Å². The Bertz CT molecular complexity index is 540. The summed E-state index contributed by atoms with van der Waals surface area (Å²) in [5.74, 6) is 0. The second kappa shape index (κ2) is 7.02. The molecule has 20 heavy (non-hydrogen) atoms. The SMILES string of the molecule is CCNc1nnc(CN(C)C(C)c2ccc(Cl)cc2)s1. The summed E-state index contributed by atoms with van der Waals surface area (Å²) in [5.41, 5.74) is 1.24. The van der Waals surface area contributed by atoms with Crippen LogP contribution >= 0.6 is 22.9 Å². The first kappa shape index (κ1) is 15.2. The number of hydrogen-bond acceptors (Lipinski definition) is 5. The van der Waals surface area contributed by atoms with Crippen molar-refractivity contribution in [3.8, 4) is 0 Å². The maximum Gasteiger partial charge on any atom is 0.205 e. The molecule has 0 fully saturated rings. The molecule has 0 aliphatic heterocycles. The Balaban J connectivity index is 1.99. The lowest BCUT2D eigenvalue weighted by atomic mass is 10.1. The summed E-state index contributed by atoms with van der Waals surface area (Å²) in [6, 6.07) is 8.28. The number of aromatic nitrogens is 2. The molecule has 0 aliphatic carbocycles. The molecule has 1 atom stereocenters. The van der Waals surface area contributed by atoms with Crippen molar-refractivity contribution in [2.75, 3.05) is 18.9 Å². The molecule has 108 valence electrons. The summed E-state index contributed by atoms with van der Waals surface area (Å²) in [5, 5.41) is 14.2. The molecule has 1 N–H and O–H groups in total. The molecule has 0 radical (unpaired) electrons. The van der Waals surface area contributed by atoms with Crippen molar-refractivity contribution >= 4 is 28.1 Å². The van der Waals surface area contributed by atoms with Crippen LogP contribution in [0.15, 0.2) is 24.3 Å². The monoisotopic (exact) mass is 310 g/mol. The van der Waals surface area contributed by atoms with Crippen molar-refractivity contribution < 1.29 is 0 Å². The number of nitrogens with one attached hydrogen (secondary N) is 1. The zero-order valence-corrected chi connectivity index (χ0v) is 13.5. The smallest absolute Gasteiger partial charge is 0.205 e. The highest BCUT2D eigenvalue weighted by atomic mass is 35.5. The fourth-order valence-electron chi connectivity index (χ4n) is 1.89. The molecule has 1 heterocycles. The Morgan fingerprint density at radius 2 is 2.00 bits per heavy atom. The van der Waals surface area contributed by atoms with Crippen molar-refractivity contribution in [1.82, 2.24) is 15.1 Å². The zero-order chi connectivity index (χ0) is 14.5. The highest BCUT2D eigenvalue weighted by Crippen LogP contribution is 2.24. The molecule has 4 nitrogen and oxygen atoms in total. The lowest BCUT2D eigenvalue weighted by Crippen LogP contribution is -2.21. The second-order valence-corrected chi connectivity index (χ2v) is 6.17. The number of hydrogen-bond donors (Lipinski definition) is 1. The highest BCUT2D eigenvalue weighted by Gasteiger charge is 2.14. The summed E-state index contributed by atoms with van der Waals surface area (Å²) in [6.07, 6.45) is 0. The Morgan fingerprint density at radius 1 is 1.30 bits per heavy atom. The molecule has 0 amide bonds. The normalized spacial score (nSPS) is 12.7. The van der Waals surface area contributed by atoms with Crippen LogP contribution in [0.4, 0.5) is 5.13 Å². The van der Waals surface area contributed by atoms with E-state index in [1.165, 1.54) is 5.56 Å². The minimum absolute atomic E-state index is 0.304. The number of halogens is 1. The molecule has 0 aliphatic rings. The Kier molecular flexibility index (Phi) is 5.34. The summed E-state index contributed by atoms with van der Waals surface area (Å²) < 4.78 is 0. The van der Waals surface area contributed by atoms with Crippen molar-refractivity contribution in [2.24, 2.45) is 0 Å². The van der Waals surface area contributed by atoms with Crippen LogP contribution in [0.5, 0.6) is 0 Å². The molecular formula is C14H19ClN4S. The quantitative estimate of drug-likeness (QED) is 0.880. The summed E-state index contributed by atoms with van der Waals surface area (Å²) in [7, 11) is 2.09. The predicted molar refractivity (Wildman–Crippen MR) is 85.4 cm³/mol. The lowest BCUT2D eigenvalue weighted by Gasteiger charge is -2.23. The van der Waals surface area contributed by atoms with Crippen molar-refractivity contribution in [2.45, 2.75) is 26.4 Å². The third-order valence-electron chi connectivity index (χ3n) is 3.19. The standard InChI is InChI=1S/C14H19ClN4S/c1-4-16-14-18-17-13(20-14)9-19(3)10(2)11-5-7-12(15)8-6-11/h5-8,10H,4,9H2,1-3H3,(H,16,18). The molecule has 0 spiro atoms. The van der Waals surface area contributed by atoms with Gasteiger partial charge in [-0.25, -0.2) is 0 Å². The van der Waals surface area contributed by atoms with E-state index >= 15 is 0 Å². The topological polar surface area (TPSA) is 41.1 Å². The third-order valence-corrected chi connectivity index (χ3v) is 4.31. The molecule has 1 aromatic carbocycles. The van der Waals surface area contributed by atoms with Crippen LogP contribution in [-0.2, 0) is 6.54 Å². The van der Waals surface area contributed by atoms with Gasteiger partial charge in [-0.15, -0.1) is 10.2 Å². The largest absolute Gasteiger partial charge is 0.360 e. The molecule has 6 heteroatoms. The van der Waals surface area contributed by atoms with Gasteiger partial charge in [-0.05, 0) is 38.6 Å². The van der Waals surface area contributed by atoms with E-state index < -0.39 is 0 Å². The number of rotatable bonds is 6. The molecular weight excluding hydrogens is 292 g/mol. The Labute approximate surface area is 128 Å². The van der Waals surface area contributed by atoms with Crippen LogP contribution in [0.2, 0.25) is 5.02 Å². The molecule has 1 unspecified atom stereocenters. The van der Waals surface area contributed by atoms with Crippen LogP contribution in [0.3, 0.4) is 0 Å². The van der Waals surface area contributed by atoms with E-state index in [9.17, 15) is 0 Å². The van der Waals surface area contributed by atoms with Gasteiger partial charge in [-0.1, -0.05) is 35.1 Å². The van der Waals surface area contributed by atoms with Gasteiger partial charge in [0.05, 0.1) is 6.54 Å². The molecule has 1 aromatic heterocycles. The molecule has 2 rings (SSSR count). The molecule has 0 bridgehead atoms. The summed E-state index contributed by atoms with van der Waals surface area (Å²) in [6.45, 7) is 5.88. The van der Waals surface area contributed by atoms with E-state index in [0.717, 1.165) is 28.3 Å². The van der Waals surface area contributed by atoms with Gasteiger partial charge < -0.3 is 5.32 Å². The van der Waals surface area contributed by atoms with Gasteiger partial charge in [0, 0.05) is 17.6 Å². The van der Waals surface area contributed by atoms with Crippen molar-refractivity contribution in [1.29, 1.82) is 0 Å². The van der Waals surface area contributed by atoms with Gasteiger partial charge in [0.15, 0.2) is 0 Å². The second-order valence-electron chi connectivity index (χ2n) is 4.67. The van der Waals surface area contributed by atoms with Gasteiger partial charge >= 0.3 is 0 Å². The average molecular weight is 311 g/mol. The van der Waals surface area contributed by atoms with Crippen LogP contribution in [0.1, 0.15) is 30.5 Å². The van der Waals surface area contributed by atoms with Crippen molar-refractivity contribution in [3.05, 3.63) is 39.9 Å². The van der Waals surface area contributed by atoms with E-state index in [1.54, 1.807) is 11.3 Å². The molecule has 0 saturated heterocycles. The fourth-order valence-corrected chi connectivity index (χ4v) is 2.88. The summed E-state index contributed by atoms with van der Waals surface area (Å²) in [4.78, 5) is 2.25. The Hall–Kier alpha value is -1.17. The maximum absolute atomic E-state index is 5.92. The zero-order valence-electron chi connectivity index (χ0n) is 11.9. The molecule has 2 aromatic rings. The van der Waals surface area contributed by atoms with Gasteiger partial charge in [-0.3, -0.25) is 4.90 Å². The maximum atomic E-state index is 5.92. The van der Waals surface area contributed by atoms with E-state index in [4.69, 9.17) is 11.6 Å². The van der Waals surface area contributed by atoms with Crippen LogP contribution < -0.4 is 5.32 Å². The summed E-state index contributed by atoms with van der Waals surface area (Å²) >= 11 is 7.53. The lowest BCUT2D eigenvalue weighted by molar-refractivity contribution is 0.252. The Morgan fingerprint density at radius 3 is 2.65 bits per heavy atom. The van der Waals surface area contributed by atoms with Crippen LogP contribution in [0, 0.1) is 0 Å². The minimum atomic E-state index is 0.304. The third kappa shape index (κ3) is 3.91. The van der Waals surface area contributed by atoms with E-state index in [-0.39, 0.29) is 0 Å². The van der Waals surface area contributed by atoms with Crippen LogP contribution in [-0.4, -0.2) is 28.7 Å². The van der Waals surface area contributed by atoms with Gasteiger partial charge in [0.1, 0.15) is 5.01 Å². The average Bonchev–Trinajstić information content (AvgIpc) is 2.86. The predicted octanol–water partition coefficient (Wildman–Crippen LogP) is 3.82. The van der Waals surface area contributed by atoms with E-state index in [2.05, 4.69) is 53.4 Å². The first-order chi connectivity index (χ1) is 9.60. The first-order valence-electron chi connectivity index (χ1n) is 6.62. The van der Waals surface area contributed by atoms with E-state index in [1.807, 2.05) is 12.1 Å². The van der Waals surface area contributed by atoms with Gasteiger partial charge in [0.2, 0.25) is 5.13 Å². The minimum Gasteiger partial charge on any atom is -0.360 e. The van der Waals surface area contributed by atoms with Crippen molar-refractivity contribution in [3.63, 3.8) is 0 Å². The van der Waals surface area contributed by atoms with Gasteiger partial charge in [0.25, 0.3) is 0 Å². The highest BCUT2D eigenvalue weighted by molar-refractivity contribution is 7.15. The first-order valence-corrected chi connectivity index (χ1v) is 7.81. The fraction of sp³-hybridized carbons (Fsp3) is 0.429. The number of nitrogens with zero attached hydrogens (tertiary/aromatic N) is 3. The number of benzene rings is 1. The molecule has 0 saturated carbocycles. The van der Waals surface area contributed by atoms with Gasteiger partial charge in [-0.2, -0.15) is 0 Å².